The second kappa shape index (κ2) is 9.95. The zero-order chi connectivity index (χ0) is 22.7. The summed E-state index contributed by atoms with van der Waals surface area (Å²) < 4.78 is 12.7. The topological polar surface area (TPSA) is 51.5 Å². The number of allylic oxidation sites excluding steroid dienone is 1. The molecular formula is C27H30BrNO3. The minimum absolute atomic E-state index is 0.0337. The Morgan fingerprint density at radius 1 is 1.19 bits per heavy atom. The molecule has 1 heterocycles. The van der Waals surface area contributed by atoms with Gasteiger partial charge in [0.05, 0.1) is 13.4 Å². The molecule has 32 heavy (non-hydrogen) atoms. The summed E-state index contributed by atoms with van der Waals surface area (Å²) in [7, 11) is 1.66. The molecule has 5 heteroatoms. The van der Waals surface area contributed by atoms with Crippen LogP contribution in [0.5, 0.6) is 5.75 Å². The number of hydrogen-bond donors (Lipinski definition) is 1. The number of halogens is 1. The van der Waals surface area contributed by atoms with E-state index in [4.69, 9.17) is 9.15 Å². The van der Waals surface area contributed by atoms with Crippen LogP contribution in [-0.2, 0) is 4.79 Å². The molecule has 1 aliphatic rings. The summed E-state index contributed by atoms with van der Waals surface area (Å²) in [5, 5.41) is 4.22. The first-order valence-electron chi connectivity index (χ1n) is 11.3. The van der Waals surface area contributed by atoms with Crippen LogP contribution in [0.3, 0.4) is 0 Å². The Morgan fingerprint density at radius 2 is 1.94 bits per heavy atom. The average molecular weight is 496 g/mol. The van der Waals surface area contributed by atoms with Crippen LogP contribution in [0.1, 0.15) is 56.6 Å². The van der Waals surface area contributed by atoms with Crippen molar-refractivity contribution < 1.29 is 13.9 Å². The van der Waals surface area contributed by atoms with Gasteiger partial charge >= 0.3 is 0 Å². The second-order valence-electron chi connectivity index (χ2n) is 8.64. The first kappa shape index (κ1) is 22.7. The van der Waals surface area contributed by atoms with E-state index in [0.29, 0.717) is 0 Å². The molecule has 1 fully saturated rings. The Bertz CT molecular complexity index is 1150. The summed E-state index contributed by atoms with van der Waals surface area (Å²) in [5.41, 5.74) is 5.60. The molecule has 2 aromatic carbocycles. The number of ether oxygens (including phenoxy) is 1. The van der Waals surface area contributed by atoms with Gasteiger partial charge in [-0.2, -0.15) is 0 Å². The highest BCUT2D eigenvalue weighted by atomic mass is 79.9. The van der Waals surface area contributed by atoms with E-state index in [0.717, 1.165) is 61.9 Å². The zero-order valence-electron chi connectivity index (χ0n) is 19.0. The number of amides is 1. The van der Waals surface area contributed by atoms with Crippen molar-refractivity contribution in [1.82, 2.24) is 5.32 Å². The monoisotopic (exact) mass is 495 g/mol. The van der Waals surface area contributed by atoms with Gasteiger partial charge in [0.1, 0.15) is 11.3 Å². The number of hydrogen-bond acceptors (Lipinski definition) is 3. The molecule has 0 aliphatic heterocycles. The van der Waals surface area contributed by atoms with Gasteiger partial charge in [-0.05, 0) is 56.0 Å². The van der Waals surface area contributed by atoms with E-state index in [-0.39, 0.29) is 11.9 Å². The summed E-state index contributed by atoms with van der Waals surface area (Å²) in [5.74, 6) is 0.706. The SMILES string of the molecule is COc1c(/C(C)=C/C(=O)NC2CCCCCC2)cc2c(-c3cccc(Br)c3)coc2c1C. The summed E-state index contributed by atoms with van der Waals surface area (Å²) in [6, 6.07) is 10.5. The van der Waals surface area contributed by atoms with Crippen molar-refractivity contribution in [3.05, 3.63) is 58.3 Å². The molecule has 3 aromatic rings. The smallest absolute Gasteiger partial charge is 0.244 e. The van der Waals surface area contributed by atoms with Crippen molar-refractivity contribution in [3.63, 3.8) is 0 Å². The maximum atomic E-state index is 12.8. The number of nitrogens with one attached hydrogen (secondary N) is 1. The van der Waals surface area contributed by atoms with Crippen LogP contribution in [0.15, 0.2) is 51.6 Å². The normalized spacial score (nSPS) is 15.6. The van der Waals surface area contributed by atoms with E-state index in [2.05, 4.69) is 39.4 Å². The van der Waals surface area contributed by atoms with Gasteiger partial charge in [0.25, 0.3) is 0 Å². The lowest BCUT2D eigenvalue weighted by Gasteiger charge is -2.16. The van der Waals surface area contributed by atoms with Gasteiger partial charge in [-0.1, -0.05) is 53.7 Å². The standard InChI is InChI=1S/C27H30BrNO3/c1-17(13-25(30)29-21-11-6-4-5-7-12-21)22-15-23-24(19-9-8-10-20(28)14-19)16-32-27(23)18(2)26(22)31-3/h8-10,13-16,21H,4-7,11-12H2,1-3H3,(H,29,30)/b17-13+. The first-order valence-corrected chi connectivity index (χ1v) is 12.1. The van der Waals surface area contributed by atoms with Gasteiger partial charge in [0, 0.05) is 38.7 Å². The number of aryl methyl sites for hydroxylation is 1. The third-order valence-electron chi connectivity index (χ3n) is 6.36. The largest absolute Gasteiger partial charge is 0.496 e. The van der Waals surface area contributed by atoms with Crippen LogP contribution >= 0.6 is 15.9 Å². The maximum Gasteiger partial charge on any atom is 0.244 e. The highest BCUT2D eigenvalue weighted by molar-refractivity contribution is 9.10. The number of carbonyl (C=O) groups excluding carboxylic acids is 1. The Morgan fingerprint density at radius 3 is 2.62 bits per heavy atom. The molecule has 0 unspecified atom stereocenters. The van der Waals surface area contributed by atoms with Gasteiger partial charge in [-0.25, -0.2) is 0 Å². The Balaban J connectivity index is 1.71. The van der Waals surface area contributed by atoms with E-state index in [1.807, 2.05) is 26.0 Å². The highest BCUT2D eigenvalue weighted by Crippen LogP contribution is 2.41. The van der Waals surface area contributed by atoms with Crippen LogP contribution in [0.25, 0.3) is 27.7 Å². The van der Waals surface area contributed by atoms with Crippen LogP contribution in [-0.4, -0.2) is 19.1 Å². The summed E-state index contributed by atoms with van der Waals surface area (Å²) in [4.78, 5) is 12.8. The number of fused-ring (bicyclic) bond motifs is 1. The molecule has 0 spiro atoms. The highest BCUT2D eigenvalue weighted by Gasteiger charge is 2.19. The molecule has 0 radical (unpaired) electrons. The van der Waals surface area contributed by atoms with Crippen molar-refractivity contribution in [2.24, 2.45) is 0 Å². The average Bonchev–Trinajstić information content (AvgIpc) is 3.03. The maximum absolute atomic E-state index is 12.8. The predicted octanol–water partition coefficient (Wildman–Crippen LogP) is 7.42. The Labute approximate surface area is 198 Å². The van der Waals surface area contributed by atoms with Gasteiger partial charge in [0.2, 0.25) is 5.91 Å². The quantitative estimate of drug-likeness (QED) is 0.295. The molecule has 1 amide bonds. The lowest BCUT2D eigenvalue weighted by atomic mass is 9.96. The molecule has 0 atom stereocenters. The van der Waals surface area contributed by atoms with Crippen LogP contribution in [0, 0.1) is 6.92 Å². The Hall–Kier alpha value is -2.53. The van der Waals surface area contributed by atoms with Crippen LogP contribution < -0.4 is 10.1 Å². The third-order valence-corrected chi connectivity index (χ3v) is 6.85. The number of carbonyl (C=O) groups is 1. The lowest BCUT2D eigenvalue weighted by Crippen LogP contribution is -2.33. The second-order valence-corrected chi connectivity index (χ2v) is 9.56. The molecule has 1 N–H and O–H groups in total. The molecule has 0 bridgehead atoms. The van der Waals surface area contributed by atoms with Gasteiger partial charge in [-0.3, -0.25) is 4.79 Å². The van der Waals surface area contributed by atoms with Crippen molar-refractivity contribution in [3.8, 4) is 16.9 Å². The minimum atomic E-state index is -0.0337. The molecule has 0 saturated heterocycles. The molecule has 168 valence electrons. The molecule has 1 aromatic heterocycles. The van der Waals surface area contributed by atoms with E-state index in [1.165, 1.54) is 25.7 Å². The van der Waals surface area contributed by atoms with Crippen molar-refractivity contribution in [2.75, 3.05) is 7.11 Å². The minimum Gasteiger partial charge on any atom is -0.496 e. The van der Waals surface area contributed by atoms with E-state index < -0.39 is 0 Å². The summed E-state index contributed by atoms with van der Waals surface area (Å²) >= 11 is 3.56. The Kier molecular flexibility index (Phi) is 7.04. The molecule has 4 rings (SSSR count). The van der Waals surface area contributed by atoms with E-state index in [1.54, 1.807) is 19.4 Å². The van der Waals surface area contributed by atoms with Crippen LogP contribution in [0.2, 0.25) is 0 Å². The predicted molar refractivity (Wildman–Crippen MR) is 134 cm³/mol. The zero-order valence-corrected chi connectivity index (χ0v) is 20.6. The lowest BCUT2D eigenvalue weighted by molar-refractivity contribution is -0.117. The van der Waals surface area contributed by atoms with Crippen molar-refractivity contribution in [1.29, 1.82) is 0 Å². The summed E-state index contributed by atoms with van der Waals surface area (Å²) in [6.45, 7) is 3.96. The van der Waals surface area contributed by atoms with Crippen LogP contribution in [0.4, 0.5) is 0 Å². The summed E-state index contributed by atoms with van der Waals surface area (Å²) in [6.07, 6.45) is 10.5. The molecule has 1 aliphatic carbocycles. The van der Waals surface area contributed by atoms with Gasteiger partial charge < -0.3 is 14.5 Å². The first-order chi connectivity index (χ1) is 15.5. The number of furan rings is 1. The fourth-order valence-electron chi connectivity index (χ4n) is 4.69. The van der Waals surface area contributed by atoms with Gasteiger partial charge in [-0.15, -0.1) is 0 Å². The third kappa shape index (κ3) is 4.78. The fourth-order valence-corrected chi connectivity index (χ4v) is 5.09. The fraction of sp³-hybridized carbons (Fsp3) is 0.370. The van der Waals surface area contributed by atoms with Gasteiger partial charge in [0.15, 0.2) is 0 Å². The van der Waals surface area contributed by atoms with E-state index in [9.17, 15) is 4.79 Å². The van der Waals surface area contributed by atoms with Crippen molar-refractivity contribution in [2.45, 2.75) is 58.4 Å². The van der Waals surface area contributed by atoms with E-state index >= 15 is 0 Å². The molecular weight excluding hydrogens is 466 g/mol. The molecule has 4 nitrogen and oxygen atoms in total. The number of rotatable bonds is 5. The number of benzene rings is 2. The number of methoxy groups -OCH3 is 1. The molecule has 1 saturated carbocycles. The van der Waals surface area contributed by atoms with Crippen molar-refractivity contribution >= 4 is 38.4 Å².